The number of sulfone groups is 1. The van der Waals surface area contributed by atoms with E-state index in [-0.39, 0.29) is 5.03 Å². The number of nitrogens with zero attached hydrogens (tertiary/aromatic N) is 4. The van der Waals surface area contributed by atoms with E-state index in [1.807, 2.05) is 30.3 Å². The first-order valence-electron chi connectivity index (χ1n) is 10.6. The van der Waals surface area contributed by atoms with E-state index in [0.29, 0.717) is 10.8 Å². The van der Waals surface area contributed by atoms with E-state index in [1.165, 1.54) is 0 Å². The number of hydrogen-bond acceptors (Lipinski definition) is 6. The minimum absolute atomic E-state index is 0.205. The zero-order valence-corrected chi connectivity index (χ0v) is 18.0. The number of aromatic nitrogens is 2. The summed E-state index contributed by atoms with van der Waals surface area (Å²) in [7, 11) is -1.63. The number of likely N-dealkylation sites (N-methyl/N-ethyl adjacent to an activating group) is 1. The number of benzene rings is 2. The summed E-state index contributed by atoms with van der Waals surface area (Å²) in [6.07, 6.45) is 3.56. The van der Waals surface area contributed by atoms with Crippen LogP contribution in [-0.4, -0.2) is 56.5 Å². The van der Waals surface area contributed by atoms with Crippen molar-refractivity contribution in [2.24, 2.45) is 0 Å². The highest BCUT2D eigenvalue weighted by Crippen LogP contribution is 2.32. The fraction of sp³-hybridized carbons (Fsp3) is 0.391. The molecule has 0 N–H and O–H groups in total. The first-order valence-corrected chi connectivity index (χ1v) is 12.1. The first kappa shape index (κ1) is 19.5. The monoisotopic (exact) mass is 422 g/mol. The highest BCUT2D eigenvalue weighted by molar-refractivity contribution is 7.91. The summed E-state index contributed by atoms with van der Waals surface area (Å²) in [4.78, 5) is 14.2. The minimum atomic E-state index is -3.73. The lowest BCUT2D eigenvalue weighted by atomic mass is 9.97. The van der Waals surface area contributed by atoms with E-state index in [2.05, 4.69) is 21.8 Å². The van der Waals surface area contributed by atoms with E-state index >= 15 is 0 Å². The molecule has 0 amide bonds. The third-order valence-corrected chi connectivity index (χ3v) is 7.93. The average molecular weight is 423 g/mol. The maximum Gasteiger partial charge on any atom is 0.226 e. The minimum Gasteiger partial charge on any atom is -0.338 e. The summed E-state index contributed by atoms with van der Waals surface area (Å²) in [5.41, 5.74) is 1.72. The van der Waals surface area contributed by atoms with Crippen molar-refractivity contribution in [2.45, 2.75) is 35.6 Å². The van der Waals surface area contributed by atoms with Gasteiger partial charge in [-0.05, 0) is 55.6 Å². The van der Waals surface area contributed by atoms with Crippen molar-refractivity contribution in [3.8, 4) is 0 Å². The normalized spacial score (nSPS) is 17.8. The molecule has 0 unspecified atom stereocenters. The molecule has 0 bridgehead atoms. The molecule has 1 aromatic heterocycles. The fourth-order valence-electron chi connectivity index (χ4n) is 4.36. The Kier molecular flexibility index (Phi) is 4.95. The number of piperazine rings is 1. The Bertz CT molecular complexity index is 1200. The highest BCUT2D eigenvalue weighted by atomic mass is 32.2. The predicted octanol–water partition coefficient (Wildman–Crippen LogP) is 3.09. The summed E-state index contributed by atoms with van der Waals surface area (Å²) < 4.78 is 27.4. The van der Waals surface area contributed by atoms with Crippen LogP contribution in [-0.2, 0) is 22.7 Å². The summed E-state index contributed by atoms with van der Waals surface area (Å²) >= 11 is 0. The Hall–Kier alpha value is -2.51. The van der Waals surface area contributed by atoms with Gasteiger partial charge in [-0.1, -0.05) is 30.3 Å². The van der Waals surface area contributed by atoms with Crippen LogP contribution in [0.2, 0.25) is 0 Å². The van der Waals surface area contributed by atoms with E-state index in [4.69, 9.17) is 4.98 Å². The molecule has 0 atom stereocenters. The zero-order valence-electron chi connectivity index (χ0n) is 17.2. The third-order valence-electron chi connectivity index (χ3n) is 6.21. The van der Waals surface area contributed by atoms with Gasteiger partial charge < -0.3 is 9.80 Å². The Labute approximate surface area is 177 Å². The highest BCUT2D eigenvalue weighted by Gasteiger charge is 2.30. The van der Waals surface area contributed by atoms with Gasteiger partial charge in [-0.25, -0.2) is 18.4 Å². The smallest absolute Gasteiger partial charge is 0.226 e. The van der Waals surface area contributed by atoms with Crippen molar-refractivity contribution in [1.82, 2.24) is 14.9 Å². The van der Waals surface area contributed by atoms with Gasteiger partial charge in [0, 0.05) is 31.7 Å². The van der Waals surface area contributed by atoms with Crippen LogP contribution in [0.4, 0.5) is 5.95 Å². The number of fused-ring (bicyclic) bond motifs is 2. The summed E-state index contributed by atoms with van der Waals surface area (Å²) in [6.45, 7) is 3.47. The second-order valence-corrected chi connectivity index (χ2v) is 10.1. The lowest BCUT2D eigenvalue weighted by molar-refractivity contribution is 0.310. The number of hydrogen-bond donors (Lipinski definition) is 0. The van der Waals surface area contributed by atoms with Gasteiger partial charge in [0.1, 0.15) is 0 Å². The van der Waals surface area contributed by atoms with Crippen molar-refractivity contribution in [2.75, 3.05) is 38.1 Å². The van der Waals surface area contributed by atoms with E-state index < -0.39 is 9.84 Å². The number of rotatable bonds is 3. The molecule has 1 aliphatic heterocycles. The van der Waals surface area contributed by atoms with Gasteiger partial charge >= 0.3 is 0 Å². The van der Waals surface area contributed by atoms with Crippen molar-refractivity contribution < 1.29 is 8.42 Å². The van der Waals surface area contributed by atoms with Crippen LogP contribution in [0.3, 0.4) is 0 Å². The summed E-state index contributed by atoms with van der Waals surface area (Å²) in [6, 6.07) is 13.2. The molecule has 0 spiro atoms. The topological polar surface area (TPSA) is 66.4 Å². The molecule has 5 rings (SSSR count). The molecule has 2 heterocycles. The van der Waals surface area contributed by atoms with Gasteiger partial charge in [0.15, 0.2) is 5.03 Å². The SMILES string of the molecule is CN1CCN(c2nc3c(c(S(=O)(=O)c4ccc5ccccc5c4)n2)CCCC3)CC1. The quantitative estimate of drug-likeness (QED) is 0.605. The van der Waals surface area contributed by atoms with Crippen LogP contribution in [0, 0.1) is 0 Å². The second-order valence-electron chi connectivity index (χ2n) is 8.26. The van der Waals surface area contributed by atoms with E-state index in [1.54, 1.807) is 12.1 Å². The standard InChI is InChI=1S/C23H26N4O2S/c1-26-12-14-27(15-13-26)23-24-21-9-5-4-8-20(21)22(25-23)30(28,29)19-11-10-17-6-2-3-7-18(17)16-19/h2-3,6-7,10-11,16H,4-5,8-9,12-15H2,1H3. The van der Waals surface area contributed by atoms with Crippen molar-refractivity contribution in [3.63, 3.8) is 0 Å². The lowest BCUT2D eigenvalue weighted by Crippen LogP contribution is -2.45. The molecule has 1 aliphatic carbocycles. The van der Waals surface area contributed by atoms with Crippen LogP contribution in [0.15, 0.2) is 52.4 Å². The van der Waals surface area contributed by atoms with Gasteiger partial charge in [-0.2, -0.15) is 0 Å². The molecule has 0 saturated carbocycles. The van der Waals surface area contributed by atoms with Crippen molar-refractivity contribution in [3.05, 3.63) is 53.7 Å². The van der Waals surface area contributed by atoms with Crippen LogP contribution in [0.1, 0.15) is 24.1 Å². The number of anilines is 1. The van der Waals surface area contributed by atoms with Gasteiger partial charge in [0.2, 0.25) is 15.8 Å². The van der Waals surface area contributed by atoms with Crippen molar-refractivity contribution in [1.29, 1.82) is 0 Å². The van der Waals surface area contributed by atoms with Gasteiger partial charge in [-0.3, -0.25) is 0 Å². The second kappa shape index (κ2) is 7.63. The molecule has 6 nitrogen and oxygen atoms in total. The zero-order chi connectivity index (χ0) is 20.7. The third kappa shape index (κ3) is 3.46. The molecule has 3 aromatic rings. The van der Waals surface area contributed by atoms with Gasteiger partial charge in [0.05, 0.1) is 10.6 Å². The molecule has 156 valence electrons. The lowest BCUT2D eigenvalue weighted by Gasteiger charge is -2.33. The Morgan fingerprint density at radius 1 is 0.867 bits per heavy atom. The molecule has 2 aliphatic rings. The Morgan fingerprint density at radius 3 is 2.40 bits per heavy atom. The average Bonchev–Trinajstić information content (AvgIpc) is 2.78. The summed E-state index contributed by atoms with van der Waals surface area (Å²) in [5, 5.41) is 2.15. The predicted molar refractivity (Wildman–Crippen MR) is 118 cm³/mol. The van der Waals surface area contributed by atoms with Crippen LogP contribution in [0.25, 0.3) is 10.8 Å². The first-order chi connectivity index (χ1) is 14.5. The van der Waals surface area contributed by atoms with Crippen LogP contribution < -0.4 is 4.90 Å². The molecule has 7 heteroatoms. The Balaban J connectivity index is 1.63. The molecule has 0 radical (unpaired) electrons. The van der Waals surface area contributed by atoms with Gasteiger partial charge in [0.25, 0.3) is 0 Å². The van der Waals surface area contributed by atoms with Crippen LogP contribution >= 0.6 is 0 Å². The van der Waals surface area contributed by atoms with Crippen molar-refractivity contribution >= 4 is 26.6 Å². The van der Waals surface area contributed by atoms with E-state index in [0.717, 1.165) is 73.9 Å². The molecule has 2 aromatic carbocycles. The van der Waals surface area contributed by atoms with Gasteiger partial charge in [-0.15, -0.1) is 0 Å². The fourth-order valence-corrected chi connectivity index (χ4v) is 5.86. The number of aryl methyl sites for hydroxylation is 1. The molecular weight excluding hydrogens is 396 g/mol. The molecule has 1 saturated heterocycles. The maximum atomic E-state index is 13.7. The Morgan fingerprint density at radius 2 is 1.60 bits per heavy atom. The van der Waals surface area contributed by atoms with E-state index in [9.17, 15) is 8.42 Å². The summed E-state index contributed by atoms with van der Waals surface area (Å²) in [5.74, 6) is 0.558. The molecule has 30 heavy (non-hydrogen) atoms. The largest absolute Gasteiger partial charge is 0.338 e. The maximum absolute atomic E-state index is 13.7. The van der Waals surface area contributed by atoms with Crippen LogP contribution in [0.5, 0.6) is 0 Å². The molecular formula is C23H26N4O2S. The molecule has 1 fully saturated rings.